The van der Waals surface area contributed by atoms with E-state index in [-0.39, 0.29) is 58.2 Å². The SMILES string of the molecule is CC1(C)CCC(c2ccc(Cl)cc2)=C(CN2CCN(c3ccc(C(=O)NS(=O)(=O)c4ccc(N[C@H](CCN5CCC(C(=O)OCCCP(=O)(O)O)CC5)CSc5ccccc5)c(S(=O)(=O)C(F)(F)F)c4)cc3)CC2)C1.Cc1cc(S(=O)(=O)Nc2ccc(N3CCN(c4cccc(-c5c(C(=O)NS(C)(=O)=O)c(C)n(C(C)C)c5-c5ccc(Cl)cc5)c4)CC3)cc2)ccc1N[C@H](CCN1CCC(C(=O)O)CC1)CSc1ccccc1. The van der Waals surface area contributed by atoms with Gasteiger partial charge in [0.2, 0.25) is 10.0 Å². The van der Waals surface area contributed by atoms with Crippen molar-refractivity contribution in [2.24, 2.45) is 17.3 Å². The first-order valence-electron chi connectivity index (χ1n) is 49.4. The maximum absolute atomic E-state index is 14.3. The zero-order valence-corrected chi connectivity index (χ0v) is 91.0. The van der Waals surface area contributed by atoms with E-state index >= 15 is 0 Å². The van der Waals surface area contributed by atoms with E-state index in [9.17, 15) is 75.7 Å². The van der Waals surface area contributed by atoms with E-state index in [1.54, 1.807) is 60.3 Å². The van der Waals surface area contributed by atoms with Crippen LogP contribution in [0.2, 0.25) is 10.0 Å². The van der Waals surface area contributed by atoms with Crippen LogP contribution in [0, 0.1) is 31.1 Å². The number of sulfonamides is 3. The normalized spacial score (nSPS) is 16.6. The van der Waals surface area contributed by atoms with Crippen molar-refractivity contribution in [1.29, 1.82) is 0 Å². The van der Waals surface area contributed by atoms with Crippen molar-refractivity contribution in [2.75, 3.05) is 159 Å². The summed E-state index contributed by atoms with van der Waals surface area (Å²) >= 11 is 15.6. The molecule has 0 unspecified atom stereocenters. The lowest BCUT2D eigenvalue weighted by Gasteiger charge is -2.39. The highest BCUT2D eigenvalue weighted by Gasteiger charge is 2.49. The predicted octanol–water partition coefficient (Wildman–Crippen LogP) is 19.6. The number of nitrogens with zero attached hydrogens (tertiary/aromatic N) is 7. The number of sulfone groups is 1. The molecule has 5 aliphatic rings. The molecular formula is C107H128Cl2F3N12O17PS6. The van der Waals surface area contributed by atoms with Crippen LogP contribution in [0.1, 0.15) is 135 Å². The van der Waals surface area contributed by atoms with Crippen molar-refractivity contribution in [1.82, 2.24) is 28.7 Å². The van der Waals surface area contributed by atoms with Gasteiger partial charge in [-0.15, -0.1) is 23.5 Å². The summed E-state index contributed by atoms with van der Waals surface area (Å²) < 4.78 is 174. The van der Waals surface area contributed by atoms with Crippen LogP contribution in [0.25, 0.3) is 28.0 Å². The molecular weight excluding hydrogens is 2080 g/mol. The Kier molecular flexibility index (Phi) is 38.1. The Labute approximate surface area is 884 Å². The number of carboxylic acid groups (broad SMARTS) is 1. The maximum Gasteiger partial charge on any atom is 0.501 e. The lowest BCUT2D eigenvalue weighted by Crippen LogP contribution is -2.47. The number of benzene rings is 9. The number of allylic oxidation sites excluding steroid dienone is 1. The van der Waals surface area contributed by atoms with E-state index < -0.39 is 110 Å². The standard InChI is InChI=1S/C55H64ClN7O7S3.C52H64ClF3N5O10PS3/c1-37(2)63-39(4)51(54(64)59-72(5,67)68)52(53(63)40-14-16-43(56)17-15-40)42-10-9-11-47(35-42)62-32-30-61(31-33-62)46-20-18-44(19-21-46)58-73(69,70)49-22-23-50(38(3)34-49)57-45(36-71-48-12-7-6-8-13-48)26-29-60-27-24-41(25-28-60)55(65)66;1-51(2)23-19-46(37-9-13-41(53)14-10-37)40(34-51)35-60-27-29-61(30-28-60)43-15-11-38(12-16-43)49(62)58-75(69,70)45-17-18-47(48(33-45)74(67,68)52(54,55)56)57-42(36-73-44-7-4-3-5-8-44)22-26-59-24-20-39(21-25-59)50(63)71-31-6-32-72(64,65)66/h6-23,34-35,37,41,45,57-58H,24-33,36H2,1-5H3,(H,59,64)(H,65,66);3-5,7-18,33,39,42,57H,6,19-32,34-36H2,1-2H3,(H,58,62)(H2,64,65,66)/t45-;42-/m11/s1. The number of likely N-dealkylation sites (tertiary alicyclic amines) is 2. The van der Waals surface area contributed by atoms with E-state index in [0.717, 1.165) is 139 Å². The fourth-order valence-corrected chi connectivity index (χ4v) is 25.9. The Morgan fingerprint density at radius 1 is 0.554 bits per heavy atom. The van der Waals surface area contributed by atoms with Gasteiger partial charge in [0.15, 0.2) is 0 Å². The number of piperazine rings is 2. The van der Waals surface area contributed by atoms with Crippen LogP contribution in [0.3, 0.4) is 0 Å². The Bertz CT molecular complexity index is 6900. The third-order valence-corrected chi connectivity index (χ3v) is 36.0. The summed E-state index contributed by atoms with van der Waals surface area (Å²) in [5, 5.41) is 17.4. The van der Waals surface area contributed by atoms with Crippen molar-refractivity contribution in [3.63, 3.8) is 0 Å². The van der Waals surface area contributed by atoms with Gasteiger partial charge in [0, 0.05) is 167 Å². The van der Waals surface area contributed by atoms with E-state index in [1.165, 1.54) is 45.5 Å². The molecule has 794 valence electrons. The van der Waals surface area contributed by atoms with E-state index in [0.29, 0.717) is 124 Å². The van der Waals surface area contributed by atoms with Crippen molar-refractivity contribution >= 4 is 158 Å². The van der Waals surface area contributed by atoms with Gasteiger partial charge in [-0.2, -0.15) is 13.2 Å². The molecule has 10 aromatic rings. The fraction of sp³-hybridized carbons (Fsp3) is 0.402. The smallest absolute Gasteiger partial charge is 0.481 e. The van der Waals surface area contributed by atoms with E-state index in [4.69, 9.17) is 37.7 Å². The highest BCUT2D eigenvalue weighted by atomic mass is 35.5. The van der Waals surface area contributed by atoms with Crippen molar-refractivity contribution in [2.45, 2.75) is 154 Å². The molecule has 2 amide bonds. The molecule has 8 N–H and O–H groups in total. The highest BCUT2D eigenvalue weighted by molar-refractivity contribution is 7.99. The molecule has 41 heteroatoms. The summed E-state index contributed by atoms with van der Waals surface area (Å²) in [4.78, 5) is 83.0. The van der Waals surface area contributed by atoms with Gasteiger partial charge in [-0.25, -0.2) is 43.1 Å². The number of rotatable bonds is 40. The number of alkyl halides is 3. The van der Waals surface area contributed by atoms with Gasteiger partial charge in [0.05, 0.1) is 57.6 Å². The highest BCUT2D eigenvalue weighted by Crippen LogP contribution is 2.47. The predicted molar refractivity (Wildman–Crippen MR) is 583 cm³/mol. The number of thioether (sulfide) groups is 2. The van der Waals surface area contributed by atoms with E-state index in [1.807, 2.05) is 142 Å². The second-order valence-corrected chi connectivity index (χ2v) is 51.1. The van der Waals surface area contributed by atoms with Gasteiger partial charge in [0.25, 0.3) is 41.7 Å². The number of halogens is 5. The number of amides is 2. The number of carbonyl (C=O) groups is 4. The van der Waals surface area contributed by atoms with Gasteiger partial charge < -0.3 is 59.3 Å². The molecule has 4 aliphatic heterocycles. The molecule has 15 rings (SSSR count). The Morgan fingerprint density at radius 2 is 1.06 bits per heavy atom. The lowest BCUT2D eigenvalue weighted by molar-refractivity contribution is -0.150. The Hall–Kier alpha value is -10.4. The number of hydrogen-bond acceptors (Lipinski definition) is 24. The van der Waals surface area contributed by atoms with Gasteiger partial charge in [-0.3, -0.25) is 33.4 Å². The number of carbonyl (C=O) groups excluding carboxylic acids is 3. The van der Waals surface area contributed by atoms with Crippen molar-refractivity contribution in [3.8, 4) is 22.4 Å². The van der Waals surface area contributed by atoms with Gasteiger partial charge in [0.1, 0.15) is 4.90 Å². The monoisotopic (exact) mass is 2200 g/mol. The summed E-state index contributed by atoms with van der Waals surface area (Å²) in [5.41, 5.74) is 6.71. The van der Waals surface area contributed by atoms with Crippen LogP contribution in [-0.4, -0.2) is 238 Å². The lowest BCUT2D eigenvalue weighted by atomic mass is 9.73. The molecule has 148 heavy (non-hydrogen) atoms. The molecule has 0 saturated carbocycles. The maximum atomic E-state index is 14.3. The molecule has 29 nitrogen and oxygen atoms in total. The number of piperidine rings is 2. The minimum Gasteiger partial charge on any atom is -0.481 e. The molecule has 1 aromatic heterocycles. The third kappa shape index (κ3) is 30.8. The van der Waals surface area contributed by atoms with Crippen molar-refractivity contribution < 1.29 is 90.2 Å². The zero-order valence-electron chi connectivity index (χ0n) is 83.7. The first kappa shape index (κ1) is 113. The van der Waals surface area contributed by atoms with Gasteiger partial charge in [-0.1, -0.05) is 115 Å². The average molecular weight is 2210 g/mol. The molecule has 4 fully saturated rings. The number of aryl methyl sites for hydroxylation is 1. The molecule has 0 radical (unpaired) electrons. The van der Waals surface area contributed by atoms with Crippen LogP contribution in [0.4, 0.5) is 47.3 Å². The number of anilines is 6. The quantitative estimate of drug-likeness (QED) is 0.00765. The number of aliphatic carboxylic acids is 1. The first-order valence-corrected chi connectivity index (χ1v) is 60.3. The number of aromatic nitrogens is 1. The summed E-state index contributed by atoms with van der Waals surface area (Å²) in [6, 6.07) is 63.4. The summed E-state index contributed by atoms with van der Waals surface area (Å²) in [6.45, 7) is 22.7. The number of esters is 1. The molecule has 4 saturated heterocycles. The third-order valence-electron chi connectivity index (χ3n) is 27.5. The largest absolute Gasteiger partial charge is 0.501 e. The minimum atomic E-state index is -6.15. The zero-order chi connectivity index (χ0) is 106. The van der Waals surface area contributed by atoms with Crippen LogP contribution in [0.15, 0.2) is 248 Å². The molecule has 5 heterocycles. The summed E-state index contributed by atoms with van der Waals surface area (Å²) in [6.07, 6.45) is 7.03. The molecule has 2 atom stereocenters. The van der Waals surface area contributed by atoms with Crippen LogP contribution >= 0.6 is 54.3 Å². The second kappa shape index (κ2) is 49.8. The number of nitrogens with one attached hydrogen (secondary N) is 5. The Morgan fingerprint density at radius 3 is 1.58 bits per heavy atom. The Balaban J connectivity index is 0.000000234. The minimum absolute atomic E-state index is 0.0210. The molecule has 1 aliphatic carbocycles. The molecule has 0 spiro atoms. The van der Waals surface area contributed by atoms with Crippen LogP contribution in [0.5, 0.6) is 0 Å². The molecule has 9 aromatic carbocycles. The first-order chi connectivity index (χ1) is 70.2. The van der Waals surface area contributed by atoms with Crippen molar-refractivity contribution in [3.05, 3.63) is 262 Å². The van der Waals surface area contributed by atoms with Gasteiger partial charge in [-0.05, 0) is 297 Å². The summed E-state index contributed by atoms with van der Waals surface area (Å²) in [7, 11) is -23.0. The number of hydrogen-bond donors (Lipinski definition) is 8. The molecule has 0 bridgehead atoms. The van der Waals surface area contributed by atoms with Gasteiger partial charge >= 0.3 is 25.0 Å². The fourth-order valence-electron chi connectivity index (χ4n) is 19.5. The van der Waals surface area contributed by atoms with Crippen LogP contribution < -0.4 is 39.5 Å². The average Bonchev–Trinajstić information content (AvgIpc) is 1.56. The van der Waals surface area contributed by atoms with Crippen LogP contribution in [-0.2, 0) is 58.8 Å². The number of carboxylic acids is 1. The second-order valence-electron chi connectivity index (χ2n) is 39.3. The van der Waals surface area contributed by atoms with E-state index in [2.05, 4.69) is 98.2 Å². The topological polar surface area (TPSA) is 376 Å². The number of ether oxygens (including phenoxy) is 1. The summed E-state index contributed by atoms with van der Waals surface area (Å²) in [5.74, 6) is -2.57.